The van der Waals surface area contributed by atoms with Gasteiger partial charge in [0.2, 0.25) is 11.8 Å². The van der Waals surface area contributed by atoms with E-state index >= 15 is 0 Å². The largest absolute Gasteiger partial charge is 0.496 e. The lowest BCUT2D eigenvalue weighted by Crippen LogP contribution is -2.47. The second kappa shape index (κ2) is 11.9. The maximum atomic E-state index is 14.3. The van der Waals surface area contributed by atoms with Crippen molar-refractivity contribution < 1.29 is 18.7 Å². The molecule has 0 unspecified atom stereocenters. The van der Waals surface area contributed by atoms with Gasteiger partial charge in [0.05, 0.1) is 7.11 Å². The van der Waals surface area contributed by atoms with Crippen molar-refractivity contribution in [1.29, 1.82) is 0 Å². The van der Waals surface area contributed by atoms with Crippen molar-refractivity contribution >= 4 is 24.2 Å². The Hall–Kier alpha value is -1.66. The number of rotatable bonds is 9. The monoisotopic (exact) mass is 494 g/mol. The number of unbranched alkanes of at least 4 members (excludes halogenated alkanes) is 1. The molecule has 7 heteroatoms. The highest BCUT2D eigenvalue weighted by atomic mass is 35.5. The molecule has 34 heavy (non-hydrogen) atoms. The summed E-state index contributed by atoms with van der Waals surface area (Å²) in [4.78, 5) is 29.4. The Labute approximate surface area is 209 Å². The normalized spacial score (nSPS) is 21.6. The predicted molar refractivity (Wildman–Crippen MR) is 134 cm³/mol. The van der Waals surface area contributed by atoms with Gasteiger partial charge in [0.25, 0.3) is 0 Å². The third kappa shape index (κ3) is 5.76. The number of imide groups is 1. The van der Waals surface area contributed by atoms with Crippen LogP contribution in [0.4, 0.5) is 4.39 Å². The lowest BCUT2D eigenvalue weighted by atomic mass is 9.76. The third-order valence-corrected chi connectivity index (χ3v) is 8.14. The fraction of sp³-hybridized carbons (Fsp3) is 0.704. The summed E-state index contributed by atoms with van der Waals surface area (Å²) in [5.41, 5.74) is 1.80. The average Bonchev–Trinajstić information content (AvgIpc) is 3.24. The quantitative estimate of drug-likeness (QED) is 0.344. The number of fused-ring (bicyclic) bond motifs is 1. The fourth-order valence-electron chi connectivity index (χ4n) is 6.40. The highest BCUT2D eigenvalue weighted by Crippen LogP contribution is 2.47. The number of benzene rings is 1. The highest BCUT2D eigenvalue weighted by molar-refractivity contribution is 5.98. The van der Waals surface area contributed by atoms with Gasteiger partial charge in [-0.05, 0) is 87.6 Å². The number of hydrogen-bond donors (Lipinski definition) is 0. The van der Waals surface area contributed by atoms with E-state index in [1.165, 1.54) is 11.0 Å². The van der Waals surface area contributed by atoms with Gasteiger partial charge in [-0.25, -0.2) is 4.39 Å². The lowest BCUT2D eigenvalue weighted by molar-refractivity contribution is -0.153. The SMILES string of the molecule is CCCN(CCCCN1C(=O)CC2(CCCC2)CC1=O)[C@@H]1CCc2c(F)ccc(OC)c2C1.Cl. The van der Waals surface area contributed by atoms with E-state index in [4.69, 9.17) is 4.74 Å². The summed E-state index contributed by atoms with van der Waals surface area (Å²) in [6, 6.07) is 3.62. The minimum Gasteiger partial charge on any atom is -0.496 e. The maximum absolute atomic E-state index is 14.3. The Morgan fingerprint density at radius 3 is 2.44 bits per heavy atom. The van der Waals surface area contributed by atoms with E-state index in [1.807, 2.05) is 0 Å². The number of likely N-dealkylation sites (tertiary alicyclic amines) is 1. The zero-order valence-corrected chi connectivity index (χ0v) is 21.6. The minimum absolute atomic E-state index is 0. The smallest absolute Gasteiger partial charge is 0.229 e. The van der Waals surface area contributed by atoms with Crippen LogP contribution in [-0.4, -0.2) is 54.4 Å². The molecule has 5 nitrogen and oxygen atoms in total. The van der Waals surface area contributed by atoms with E-state index < -0.39 is 0 Å². The number of ether oxygens (including phenoxy) is 1. The van der Waals surface area contributed by atoms with Crippen LogP contribution in [0.25, 0.3) is 0 Å². The summed E-state index contributed by atoms with van der Waals surface area (Å²) in [7, 11) is 1.65. The molecule has 1 atom stereocenters. The van der Waals surface area contributed by atoms with Gasteiger partial charge in [0.1, 0.15) is 11.6 Å². The van der Waals surface area contributed by atoms with Crippen molar-refractivity contribution in [3.8, 4) is 5.75 Å². The first-order valence-electron chi connectivity index (χ1n) is 12.9. The van der Waals surface area contributed by atoms with Crippen molar-refractivity contribution in [1.82, 2.24) is 9.80 Å². The standard InChI is InChI=1S/C27H39FN2O3.ClH/c1-3-14-29(20-8-9-21-22(17-20)24(33-2)11-10-23(21)28)15-6-7-16-30-25(31)18-27(19-26(30)32)12-4-5-13-27;/h10-11,20H,3-9,12-19H2,1-2H3;1H/t20-;/m1./s1. The van der Waals surface area contributed by atoms with Crippen LogP contribution in [0.1, 0.15) is 82.3 Å². The summed E-state index contributed by atoms with van der Waals surface area (Å²) < 4.78 is 19.8. The minimum atomic E-state index is -0.124. The lowest BCUT2D eigenvalue weighted by Gasteiger charge is -2.38. The third-order valence-electron chi connectivity index (χ3n) is 8.14. The van der Waals surface area contributed by atoms with E-state index in [1.54, 1.807) is 13.2 Å². The molecule has 2 fully saturated rings. The molecular formula is C27H40ClFN2O3. The molecule has 1 saturated carbocycles. The van der Waals surface area contributed by atoms with Crippen molar-refractivity contribution in [3.63, 3.8) is 0 Å². The first-order chi connectivity index (χ1) is 16.0. The summed E-state index contributed by atoms with van der Waals surface area (Å²) in [6.45, 7) is 4.67. The zero-order valence-electron chi connectivity index (χ0n) is 20.7. The van der Waals surface area contributed by atoms with Gasteiger partial charge in [-0.2, -0.15) is 0 Å². The van der Waals surface area contributed by atoms with Gasteiger partial charge in [-0.3, -0.25) is 14.5 Å². The summed E-state index contributed by atoms with van der Waals surface area (Å²) in [6.07, 6.45) is 10.8. The van der Waals surface area contributed by atoms with E-state index in [-0.39, 0.29) is 35.5 Å². The highest BCUT2D eigenvalue weighted by Gasteiger charge is 2.44. The van der Waals surface area contributed by atoms with Gasteiger partial charge in [-0.15, -0.1) is 12.4 Å². The van der Waals surface area contributed by atoms with Crippen LogP contribution >= 0.6 is 12.4 Å². The van der Waals surface area contributed by atoms with Gasteiger partial charge in [0, 0.05) is 31.0 Å². The molecule has 0 aromatic heterocycles. The Kier molecular flexibility index (Phi) is 9.39. The second-order valence-corrected chi connectivity index (χ2v) is 10.3. The molecule has 0 radical (unpaired) electrons. The first-order valence-corrected chi connectivity index (χ1v) is 12.9. The number of hydrogen-bond acceptors (Lipinski definition) is 4. The van der Waals surface area contributed by atoms with Gasteiger partial charge in [0.15, 0.2) is 0 Å². The Balaban J connectivity index is 0.00000324. The van der Waals surface area contributed by atoms with Crippen LogP contribution in [0.15, 0.2) is 12.1 Å². The topological polar surface area (TPSA) is 49.9 Å². The van der Waals surface area contributed by atoms with Crippen LogP contribution in [0.2, 0.25) is 0 Å². The number of nitrogens with zero attached hydrogens (tertiary/aromatic N) is 2. The molecule has 3 aliphatic rings. The fourth-order valence-corrected chi connectivity index (χ4v) is 6.40. The van der Waals surface area contributed by atoms with E-state index in [0.717, 1.165) is 94.2 Å². The van der Waals surface area contributed by atoms with Gasteiger partial charge >= 0.3 is 0 Å². The molecule has 0 bridgehead atoms. The molecule has 1 aromatic rings. The van der Waals surface area contributed by atoms with Crippen molar-refractivity contribution in [3.05, 3.63) is 29.1 Å². The van der Waals surface area contributed by atoms with Crippen LogP contribution in [0.3, 0.4) is 0 Å². The molecule has 2 amide bonds. The summed E-state index contributed by atoms with van der Waals surface area (Å²) >= 11 is 0. The average molecular weight is 495 g/mol. The van der Waals surface area contributed by atoms with Crippen molar-refractivity contribution in [2.45, 2.75) is 90.0 Å². The molecule has 1 aromatic carbocycles. The van der Waals surface area contributed by atoms with E-state index in [9.17, 15) is 14.0 Å². The number of halogens is 2. The summed E-state index contributed by atoms with van der Waals surface area (Å²) in [5.74, 6) is 0.740. The molecule has 1 saturated heterocycles. The molecule has 1 aliphatic heterocycles. The van der Waals surface area contributed by atoms with Crippen LogP contribution in [0, 0.1) is 11.2 Å². The Bertz CT molecular complexity index is 852. The number of amides is 2. The van der Waals surface area contributed by atoms with Crippen LogP contribution in [-0.2, 0) is 22.4 Å². The molecule has 0 N–H and O–H groups in total. The number of methoxy groups -OCH3 is 1. The van der Waals surface area contributed by atoms with Crippen LogP contribution in [0.5, 0.6) is 5.75 Å². The maximum Gasteiger partial charge on any atom is 0.229 e. The number of carbonyl (C=O) groups is 2. The molecule has 4 rings (SSSR count). The summed E-state index contributed by atoms with van der Waals surface area (Å²) in [5, 5.41) is 0. The first kappa shape index (κ1) is 26.9. The number of piperidine rings is 1. The molecular weight excluding hydrogens is 455 g/mol. The van der Waals surface area contributed by atoms with E-state index in [0.29, 0.717) is 25.4 Å². The molecule has 2 aliphatic carbocycles. The second-order valence-electron chi connectivity index (χ2n) is 10.3. The van der Waals surface area contributed by atoms with Gasteiger partial charge < -0.3 is 9.64 Å². The molecule has 1 heterocycles. The van der Waals surface area contributed by atoms with E-state index in [2.05, 4.69) is 11.8 Å². The molecule has 1 spiro atoms. The molecule has 190 valence electrons. The Morgan fingerprint density at radius 1 is 1.09 bits per heavy atom. The van der Waals surface area contributed by atoms with Crippen molar-refractivity contribution in [2.75, 3.05) is 26.7 Å². The predicted octanol–water partition coefficient (Wildman–Crippen LogP) is 5.32. The zero-order chi connectivity index (χ0) is 23.4. The van der Waals surface area contributed by atoms with Crippen LogP contribution < -0.4 is 4.74 Å². The Morgan fingerprint density at radius 2 is 1.79 bits per heavy atom. The number of carbonyl (C=O) groups excluding carboxylic acids is 2. The van der Waals surface area contributed by atoms with Gasteiger partial charge in [-0.1, -0.05) is 19.8 Å². The van der Waals surface area contributed by atoms with Crippen molar-refractivity contribution in [2.24, 2.45) is 5.41 Å².